The first-order chi connectivity index (χ1) is 13.5. The van der Waals surface area contributed by atoms with E-state index in [-0.39, 0.29) is 0 Å². The van der Waals surface area contributed by atoms with Crippen LogP contribution >= 0.6 is 0 Å². The monoisotopic (exact) mass is 393 g/mol. The molecule has 2 heterocycles. The average molecular weight is 394 g/mol. The number of nitrogens with zero attached hydrogens (tertiary/aromatic N) is 3. The maximum absolute atomic E-state index is 10.7. The van der Waals surface area contributed by atoms with Gasteiger partial charge in [-0.2, -0.15) is 0 Å². The van der Waals surface area contributed by atoms with Crippen LogP contribution in [0.25, 0.3) is 0 Å². The summed E-state index contributed by atoms with van der Waals surface area (Å²) in [5.41, 5.74) is 0.147. The Morgan fingerprint density at radius 2 is 2.11 bits per heavy atom. The van der Waals surface area contributed by atoms with Crippen molar-refractivity contribution < 1.29 is 14.6 Å². The Bertz CT molecular complexity index is 586. The number of aromatic nitrogens is 1. The van der Waals surface area contributed by atoms with Gasteiger partial charge in [-0.15, -0.1) is 0 Å². The third-order valence-corrected chi connectivity index (χ3v) is 4.32. The molecule has 0 amide bonds. The standard InChI is InChI=1S/C20H35N5O3/c1-4-10-28-18-7-6-17(13-22-18)14-23-19(21-5-2)24-15-20(3,26)16-25-8-11-27-12-9-25/h6-7,13,26H,4-5,8-12,14-16H2,1-3H3,(H2,21,23,24). The molecule has 8 nitrogen and oxygen atoms in total. The summed E-state index contributed by atoms with van der Waals surface area (Å²) in [4.78, 5) is 11.1. The van der Waals surface area contributed by atoms with Gasteiger partial charge in [-0.25, -0.2) is 9.98 Å². The average Bonchev–Trinajstić information content (AvgIpc) is 2.70. The van der Waals surface area contributed by atoms with Gasteiger partial charge in [0.15, 0.2) is 5.96 Å². The smallest absolute Gasteiger partial charge is 0.213 e. The van der Waals surface area contributed by atoms with Gasteiger partial charge in [0.05, 0.1) is 32.0 Å². The van der Waals surface area contributed by atoms with Gasteiger partial charge in [0, 0.05) is 45.0 Å². The van der Waals surface area contributed by atoms with E-state index in [9.17, 15) is 5.11 Å². The molecule has 1 aromatic heterocycles. The van der Waals surface area contributed by atoms with Crippen LogP contribution in [-0.4, -0.2) is 79.1 Å². The molecule has 1 aliphatic heterocycles. The molecule has 8 heteroatoms. The van der Waals surface area contributed by atoms with Gasteiger partial charge >= 0.3 is 0 Å². The molecule has 158 valence electrons. The summed E-state index contributed by atoms with van der Waals surface area (Å²) >= 11 is 0. The summed E-state index contributed by atoms with van der Waals surface area (Å²) < 4.78 is 10.9. The van der Waals surface area contributed by atoms with E-state index in [1.54, 1.807) is 6.20 Å². The van der Waals surface area contributed by atoms with Gasteiger partial charge in [0.1, 0.15) is 0 Å². The lowest BCUT2D eigenvalue weighted by atomic mass is 10.1. The highest BCUT2D eigenvalue weighted by Gasteiger charge is 2.25. The lowest BCUT2D eigenvalue weighted by molar-refractivity contribution is -0.0201. The molecule has 2 rings (SSSR count). The van der Waals surface area contributed by atoms with E-state index in [1.165, 1.54) is 0 Å². The molecular formula is C20H35N5O3. The predicted octanol–water partition coefficient (Wildman–Crippen LogP) is 1.01. The zero-order chi connectivity index (χ0) is 20.2. The van der Waals surface area contributed by atoms with E-state index in [0.29, 0.717) is 38.1 Å². The summed E-state index contributed by atoms with van der Waals surface area (Å²) in [5.74, 6) is 1.31. The molecule has 1 unspecified atom stereocenters. The number of rotatable bonds is 10. The predicted molar refractivity (Wildman–Crippen MR) is 111 cm³/mol. The molecule has 0 aromatic carbocycles. The highest BCUT2D eigenvalue weighted by molar-refractivity contribution is 5.79. The molecule has 1 saturated heterocycles. The van der Waals surface area contributed by atoms with Crippen molar-refractivity contribution in [1.29, 1.82) is 0 Å². The number of morpholine rings is 1. The fraction of sp³-hybridized carbons (Fsp3) is 0.700. The molecule has 0 aliphatic carbocycles. The van der Waals surface area contributed by atoms with Gasteiger partial charge in [-0.05, 0) is 25.8 Å². The number of β-amino-alcohol motifs (C(OH)–C–C–N with tert-alkyl or cyclic N) is 1. The van der Waals surface area contributed by atoms with Crippen molar-refractivity contribution >= 4 is 5.96 Å². The summed E-state index contributed by atoms with van der Waals surface area (Å²) in [7, 11) is 0. The number of hydrogen-bond acceptors (Lipinski definition) is 6. The van der Waals surface area contributed by atoms with Crippen molar-refractivity contribution in [2.24, 2.45) is 4.99 Å². The van der Waals surface area contributed by atoms with Gasteiger partial charge < -0.3 is 25.2 Å². The van der Waals surface area contributed by atoms with Crippen LogP contribution in [0.2, 0.25) is 0 Å². The van der Waals surface area contributed by atoms with Gasteiger partial charge in [0.25, 0.3) is 0 Å². The number of guanidine groups is 1. The third-order valence-electron chi connectivity index (χ3n) is 4.32. The first-order valence-corrected chi connectivity index (χ1v) is 10.1. The molecule has 0 saturated carbocycles. The van der Waals surface area contributed by atoms with Crippen LogP contribution in [0.1, 0.15) is 32.8 Å². The minimum absolute atomic E-state index is 0.415. The van der Waals surface area contributed by atoms with Crippen molar-refractivity contribution in [1.82, 2.24) is 20.5 Å². The summed E-state index contributed by atoms with van der Waals surface area (Å²) in [5, 5.41) is 17.2. The fourth-order valence-corrected chi connectivity index (χ4v) is 2.88. The largest absolute Gasteiger partial charge is 0.478 e. The normalized spacial score (nSPS) is 17.8. The third kappa shape index (κ3) is 8.41. The molecule has 3 N–H and O–H groups in total. The molecule has 28 heavy (non-hydrogen) atoms. The Morgan fingerprint density at radius 3 is 2.75 bits per heavy atom. The number of ether oxygens (including phenoxy) is 2. The minimum Gasteiger partial charge on any atom is -0.478 e. The second-order valence-electron chi connectivity index (χ2n) is 7.29. The summed E-state index contributed by atoms with van der Waals surface area (Å²) in [6.07, 6.45) is 2.74. The Labute approximate surface area is 168 Å². The topological polar surface area (TPSA) is 91.2 Å². The number of aliphatic hydroxyl groups is 1. The van der Waals surface area contributed by atoms with Crippen LogP contribution < -0.4 is 15.4 Å². The van der Waals surface area contributed by atoms with Crippen LogP contribution in [-0.2, 0) is 11.3 Å². The number of nitrogens with one attached hydrogen (secondary N) is 2. The molecule has 1 aliphatic rings. The zero-order valence-electron chi connectivity index (χ0n) is 17.4. The van der Waals surface area contributed by atoms with Crippen LogP contribution in [0.15, 0.2) is 23.3 Å². The maximum atomic E-state index is 10.7. The van der Waals surface area contributed by atoms with Crippen LogP contribution in [0.3, 0.4) is 0 Å². The molecule has 1 aromatic rings. The lowest BCUT2D eigenvalue weighted by Crippen LogP contribution is -2.52. The van der Waals surface area contributed by atoms with Gasteiger partial charge in [0.2, 0.25) is 5.88 Å². The first kappa shape index (κ1) is 22.4. The number of pyridine rings is 1. The van der Waals surface area contributed by atoms with Crippen molar-refractivity contribution in [3.63, 3.8) is 0 Å². The summed E-state index contributed by atoms with van der Waals surface area (Å²) in [6.45, 7) is 12.0. The van der Waals surface area contributed by atoms with Crippen molar-refractivity contribution in [2.75, 3.05) is 52.5 Å². The number of hydrogen-bond donors (Lipinski definition) is 3. The summed E-state index contributed by atoms with van der Waals surface area (Å²) in [6, 6.07) is 3.84. The first-order valence-electron chi connectivity index (χ1n) is 10.1. The van der Waals surface area contributed by atoms with Crippen LogP contribution in [0.4, 0.5) is 0 Å². The highest BCUT2D eigenvalue weighted by Crippen LogP contribution is 2.09. The molecule has 0 radical (unpaired) electrons. The van der Waals surface area contributed by atoms with Gasteiger partial charge in [-0.1, -0.05) is 13.0 Å². The Hall–Kier alpha value is -1.90. The molecule has 1 fully saturated rings. The van der Waals surface area contributed by atoms with E-state index in [0.717, 1.165) is 44.8 Å². The van der Waals surface area contributed by atoms with E-state index in [1.807, 2.05) is 26.0 Å². The zero-order valence-corrected chi connectivity index (χ0v) is 17.4. The van der Waals surface area contributed by atoms with E-state index in [2.05, 4.69) is 32.4 Å². The molecule has 0 spiro atoms. The Morgan fingerprint density at radius 1 is 1.32 bits per heavy atom. The second-order valence-corrected chi connectivity index (χ2v) is 7.29. The van der Waals surface area contributed by atoms with Crippen molar-refractivity contribution in [2.45, 2.75) is 39.3 Å². The molecule has 1 atom stereocenters. The molecular weight excluding hydrogens is 358 g/mol. The van der Waals surface area contributed by atoms with Crippen molar-refractivity contribution in [3.05, 3.63) is 23.9 Å². The Balaban J connectivity index is 1.85. The Kier molecular flexibility index (Phi) is 9.46. The van der Waals surface area contributed by atoms with Crippen LogP contribution in [0, 0.1) is 0 Å². The maximum Gasteiger partial charge on any atom is 0.213 e. The van der Waals surface area contributed by atoms with E-state index >= 15 is 0 Å². The minimum atomic E-state index is -0.854. The second kappa shape index (κ2) is 11.8. The molecule has 0 bridgehead atoms. The van der Waals surface area contributed by atoms with E-state index < -0.39 is 5.60 Å². The quantitative estimate of drug-likeness (QED) is 0.404. The van der Waals surface area contributed by atoms with E-state index in [4.69, 9.17) is 9.47 Å². The van der Waals surface area contributed by atoms with Gasteiger partial charge in [-0.3, -0.25) is 4.90 Å². The lowest BCUT2D eigenvalue weighted by Gasteiger charge is -2.34. The highest BCUT2D eigenvalue weighted by atomic mass is 16.5. The van der Waals surface area contributed by atoms with Crippen molar-refractivity contribution in [3.8, 4) is 5.88 Å². The fourth-order valence-electron chi connectivity index (χ4n) is 2.88. The SMILES string of the molecule is CCCOc1ccc(CN=C(NCC)NCC(C)(O)CN2CCOCC2)cn1. The number of aliphatic imine (C=N–C) groups is 1. The van der Waals surface area contributed by atoms with Crippen LogP contribution in [0.5, 0.6) is 5.88 Å².